The van der Waals surface area contributed by atoms with Crippen molar-refractivity contribution in [2.45, 2.75) is 44.3 Å². The Bertz CT molecular complexity index is 594. The Balaban J connectivity index is 1.44. The highest BCUT2D eigenvalue weighted by molar-refractivity contribution is 7.88. The van der Waals surface area contributed by atoms with Crippen molar-refractivity contribution in [3.63, 3.8) is 0 Å². The quantitative estimate of drug-likeness (QED) is 0.826. The summed E-state index contributed by atoms with van der Waals surface area (Å²) in [5.41, 5.74) is 0. The van der Waals surface area contributed by atoms with Gasteiger partial charge < -0.3 is 4.74 Å². The van der Waals surface area contributed by atoms with Crippen molar-refractivity contribution in [2.75, 3.05) is 13.7 Å². The molecule has 3 rings (SSSR count). The summed E-state index contributed by atoms with van der Waals surface area (Å²) in [4.78, 5) is 0.712. The van der Waals surface area contributed by atoms with Gasteiger partial charge in [-0.15, -0.1) is 0 Å². The Hall–Kier alpha value is -0.660. The number of methoxy groups -OCH3 is 1. The van der Waals surface area contributed by atoms with Crippen molar-refractivity contribution in [3.8, 4) is 5.88 Å². The van der Waals surface area contributed by atoms with Gasteiger partial charge in [-0.2, -0.15) is 4.37 Å². The largest absolute Gasteiger partial charge is 0.480 e. The first-order chi connectivity index (χ1) is 10.6. The molecule has 5 nitrogen and oxygen atoms in total. The lowest BCUT2D eigenvalue weighted by molar-refractivity contribution is 0.310. The van der Waals surface area contributed by atoms with E-state index in [0.29, 0.717) is 23.2 Å². The van der Waals surface area contributed by atoms with Crippen LogP contribution in [0, 0.1) is 17.8 Å². The number of hydrogen-bond donors (Lipinski definition) is 1. The summed E-state index contributed by atoms with van der Waals surface area (Å²) >= 11 is 1.18. The van der Waals surface area contributed by atoms with Crippen LogP contribution in [-0.4, -0.2) is 26.4 Å². The average Bonchev–Trinajstić information content (AvgIpc) is 3.17. The predicted octanol–water partition coefficient (Wildman–Crippen LogP) is 2.79. The van der Waals surface area contributed by atoms with Gasteiger partial charge in [-0.05, 0) is 35.7 Å². The van der Waals surface area contributed by atoms with Crippen LogP contribution in [0.25, 0.3) is 0 Å². The average molecular weight is 345 g/mol. The number of hydrogen-bond acceptors (Lipinski definition) is 5. The SMILES string of the molecule is COc1cc(CS(=O)(=O)NC[C@@H]2C[C@H]2C2CCCCC2)sn1. The first kappa shape index (κ1) is 16.2. The minimum absolute atomic E-state index is 0.00512. The molecule has 2 saturated carbocycles. The molecule has 1 heterocycles. The van der Waals surface area contributed by atoms with E-state index in [1.807, 2.05) is 0 Å². The van der Waals surface area contributed by atoms with Crippen molar-refractivity contribution >= 4 is 21.6 Å². The van der Waals surface area contributed by atoms with Crippen LogP contribution in [0.5, 0.6) is 5.88 Å². The fourth-order valence-electron chi connectivity index (χ4n) is 3.58. The van der Waals surface area contributed by atoms with Gasteiger partial charge in [0.25, 0.3) is 0 Å². The highest BCUT2D eigenvalue weighted by atomic mass is 32.2. The van der Waals surface area contributed by atoms with Crippen LogP contribution < -0.4 is 9.46 Å². The minimum Gasteiger partial charge on any atom is -0.480 e. The molecule has 7 heteroatoms. The molecule has 1 aromatic rings. The smallest absolute Gasteiger partial charge is 0.225 e. The molecule has 0 radical (unpaired) electrons. The fourth-order valence-corrected chi connectivity index (χ4v) is 5.77. The van der Waals surface area contributed by atoms with E-state index in [1.165, 1.54) is 57.2 Å². The van der Waals surface area contributed by atoms with Gasteiger partial charge in [0.2, 0.25) is 15.9 Å². The minimum atomic E-state index is -3.27. The van der Waals surface area contributed by atoms with Gasteiger partial charge in [-0.1, -0.05) is 32.1 Å². The number of nitrogens with one attached hydrogen (secondary N) is 1. The summed E-state index contributed by atoms with van der Waals surface area (Å²) in [5, 5.41) is 0. The second kappa shape index (κ2) is 6.84. The lowest BCUT2D eigenvalue weighted by Crippen LogP contribution is -2.27. The molecule has 0 aromatic carbocycles. The molecule has 0 amide bonds. The summed E-state index contributed by atoms with van der Waals surface area (Å²) < 4.78 is 36.1. The van der Waals surface area contributed by atoms with E-state index in [0.717, 1.165) is 11.8 Å². The topological polar surface area (TPSA) is 68.3 Å². The van der Waals surface area contributed by atoms with Crippen LogP contribution in [0.1, 0.15) is 43.4 Å². The third-order valence-electron chi connectivity index (χ3n) is 4.88. The number of nitrogens with zero attached hydrogens (tertiary/aromatic N) is 1. The van der Waals surface area contributed by atoms with E-state index in [4.69, 9.17) is 4.74 Å². The number of ether oxygens (including phenoxy) is 1. The third-order valence-corrected chi connectivity index (χ3v) is 7.12. The lowest BCUT2D eigenvalue weighted by Gasteiger charge is -2.21. The number of rotatable bonds is 7. The normalized spacial score (nSPS) is 26.0. The maximum Gasteiger partial charge on any atom is 0.225 e. The summed E-state index contributed by atoms with van der Waals surface area (Å²) in [6.45, 7) is 0.597. The number of sulfonamides is 1. The summed E-state index contributed by atoms with van der Waals surface area (Å²) in [7, 11) is -1.74. The monoisotopic (exact) mass is 344 g/mol. The molecule has 0 saturated heterocycles. The number of aromatic nitrogens is 1. The summed E-state index contributed by atoms with van der Waals surface area (Å²) in [5.74, 6) is 2.62. The Morgan fingerprint density at radius 1 is 1.36 bits per heavy atom. The zero-order chi connectivity index (χ0) is 15.6. The van der Waals surface area contributed by atoms with Gasteiger partial charge in [-0.25, -0.2) is 13.1 Å². The highest BCUT2D eigenvalue weighted by Gasteiger charge is 2.42. The van der Waals surface area contributed by atoms with Crippen LogP contribution >= 0.6 is 11.5 Å². The summed E-state index contributed by atoms with van der Waals surface area (Å²) in [6.07, 6.45) is 7.96. The van der Waals surface area contributed by atoms with Gasteiger partial charge in [-0.3, -0.25) is 0 Å². The molecule has 22 heavy (non-hydrogen) atoms. The molecule has 1 N–H and O–H groups in total. The summed E-state index contributed by atoms with van der Waals surface area (Å²) in [6, 6.07) is 1.69. The zero-order valence-corrected chi connectivity index (χ0v) is 14.6. The Labute approximate surface area is 136 Å². The molecule has 2 fully saturated rings. The van der Waals surface area contributed by atoms with Crippen LogP contribution in [0.2, 0.25) is 0 Å². The van der Waals surface area contributed by atoms with Crippen LogP contribution in [0.4, 0.5) is 0 Å². The van der Waals surface area contributed by atoms with Crippen molar-refractivity contribution in [2.24, 2.45) is 17.8 Å². The fraction of sp³-hybridized carbons (Fsp3) is 0.800. The van der Waals surface area contributed by atoms with Gasteiger partial charge in [0.1, 0.15) is 5.75 Å². The van der Waals surface area contributed by atoms with Gasteiger partial charge in [0, 0.05) is 17.5 Å². The van der Waals surface area contributed by atoms with Crippen molar-refractivity contribution in [1.29, 1.82) is 0 Å². The molecule has 2 aliphatic carbocycles. The van der Waals surface area contributed by atoms with Crippen molar-refractivity contribution < 1.29 is 13.2 Å². The molecule has 2 aliphatic rings. The maximum absolute atomic E-state index is 12.1. The Morgan fingerprint density at radius 3 is 2.82 bits per heavy atom. The van der Waals surface area contributed by atoms with Crippen LogP contribution in [-0.2, 0) is 15.8 Å². The van der Waals surface area contributed by atoms with Crippen LogP contribution in [0.15, 0.2) is 6.07 Å². The molecule has 1 aromatic heterocycles. The molecule has 0 unspecified atom stereocenters. The van der Waals surface area contributed by atoms with E-state index < -0.39 is 10.0 Å². The molecule has 0 spiro atoms. The first-order valence-electron chi connectivity index (χ1n) is 8.04. The third kappa shape index (κ3) is 4.20. The molecular formula is C15H24N2O3S2. The van der Waals surface area contributed by atoms with Crippen molar-refractivity contribution in [1.82, 2.24) is 9.10 Å². The predicted molar refractivity (Wildman–Crippen MR) is 87.5 cm³/mol. The Kier molecular flexibility index (Phi) is 5.04. The van der Waals surface area contributed by atoms with E-state index in [2.05, 4.69) is 9.10 Å². The second-order valence-corrected chi connectivity index (χ2v) is 9.20. The standard InChI is InChI=1S/C15H24N2O3S2/c1-20-15-8-13(21-17-15)10-22(18,19)16-9-12-7-14(12)11-5-3-2-4-6-11/h8,11-12,14,16H,2-7,9-10H2,1H3/t12-,14-/m0/s1. The van der Waals surface area contributed by atoms with Gasteiger partial charge in [0.05, 0.1) is 7.11 Å². The molecule has 124 valence electrons. The highest BCUT2D eigenvalue weighted by Crippen LogP contribution is 2.49. The van der Waals surface area contributed by atoms with E-state index in [1.54, 1.807) is 6.07 Å². The van der Waals surface area contributed by atoms with Gasteiger partial charge >= 0.3 is 0 Å². The first-order valence-corrected chi connectivity index (χ1v) is 10.5. The van der Waals surface area contributed by atoms with E-state index >= 15 is 0 Å². The molecule has 0 aliphatic heterocycles. The molecular weight excluding hydrogens is 320 g/mol. The lowest BCUT2D eigenvalue weighted by atomic mass is 9.85. The molecule has 2 atom stereocenters. The van der Waals surface area contributed by atoms with E-state index in [9.17, 15) is 8.42 Å². The molecule has 0 bridgehead atoms. The Morgan fingerprint density at radius 2 is 2.14 bits per heavy atom. The maximum atomic E-state index is 12.1. The van der Waals surface area contributed by atoms with Crippen LogP contribution in [0.3, 0.4) is 0 Å². The van der Waals surface area contributed by atoms with Crippen molar-refractivity contribution in [3.05, 3.63) is 10.9 Å². The van der Waals surface area contributed by atoms with Gasteiger partial charge in [0.15, 0.2) is 0 Å². The second-order valence-electron chi connectivity index (χ2n) is 6.50. The zero-order valence-electron chi connectivity index (χ0n) is 13.0. The van der Waals surface area contributed by atoms with E-state index in [-0.39, 0.29) is 5.75 Å².